The molecule has 2 aromatic rings. The molecule has 5 unspecified atom stereocenters. The Morgan fingerprint density at radius 2 is 2.03 bits per heavy atom. The Labute approximate surface area is 182 Å². The van der Waals surface area contributed by atoms with Gasteiger partial charge in [-0.05, 0) is 63.5 Å². The van der Waals surface area contributed by atoms with Crippen LogP contribution in [0.3, 0.4) is 0 Å². The van der Waals surface area contributed by atoms with E-state index in [0.717, 1.165) is 25.0 Å². The van der Waals surface area contributed by atoms with Crippen molar-refractivity contribution in [2.75, 3.05) is 0 Å². The van der Waals surface area contributed by atoms with Crippen LogP contribution < -0.4 is 16.1 Å². The van der Waals surface area contributed by atoms with Crippen LogP contribution in [-0.4, -0.2) is 33.4 Å². The van der Waals surface area contributed by atoms with Gasteiger partial charge < -0.3 is 15.2 Å². The Bertz CT molecular complexity index is 1080. The normalized spacial score (nSPS) is 28.1. The van der Waals surface area contributed by atoms with Gasteiger partial charge in [0.1, 0.15) is 11.2 Å². The van der Waals surface area contributed by atoms with E-state index in [1.54, 1.807) is 18.3 Å². The number of hydrogen-bond donors (Lipinski definition) is 2. The summed E-state index contributed by atoms with van der Waals surface area (Å²) in [6.07, 6.45) is 5.01. The largest absolute Gasteiger partial charge is 0.353 e. The summed E-state index contributed by atoms with van der Waals surface area (Å²) in [4.78, 5) is 43.0. The maximum Gasteiger partial charge on any atom is 0.256 e. The minimum atomic E-state index is -0.347. The molecule has 1 saturated carbocycles. The Morgan fingerprint density at radius 3 is 2.74 bits per heavy atom. The summed E-state index contributed by atoms with van der Waals surface area (Å²) in [6.45, 7) is 8.71. The van der Waals surface area contributed by atoms with Crippen LogP contribution in [0.2, 0.25) is 0 Å². The summed E-state index contributed by atoms with van der Waals surface area (Å²) in [7, 11) is 0. The quantitative estimate of drug-likeness (QED) is 0.789. The van der Waals surface area contributed by atoms with E-state index < -0.39 is 0 Å². The van der Waals surface area contributed by atoms with E-state index in [0.29, 0.717) is 35.8 Å². The van der Waals surface area contributed by atoms with Crippen molar-refractivity contribution >= 4 is 22.8 Å². The third-order valence-corrected chi connectivity index (χ3v) is 7.30. The topological polar surface area (TPSA) is 93.1 Å². The summed E-state index contributed by atoms with van der Waals surface area (Å²) in [5.74, 6) is 0.664. The highest BCUT2D eigenvalue weighted by atomic mass is 16.2. The van der Waals surface area contributed by atoms with E-state index in [2.05, 4.69) is 29.5 Å². The molecule has 1 saturated heterocycles. The lowest BCUT2D eigenvalue weighted by Crippen LogP contribution is -2.58. The lowest BCUT2D eigenvalue weighted by atomic mass is 9.67. The van der Waals surface area contributed by atoms with Crippen LogP contribution in [0.5, 0.6) is 0 Å². The third kappa shape index (κ3) is 3.86. The first-order chi connectivity index (χ1) is 14.8. The molecule has 0 bridgehead atoms. The summed E-state index contributed by atoms with van der Waals surface area (Å²) >= 11 is 0. The number of carbonyl (C=O) groups excluding carboxylic acids is 2. The number of piperidine rings is 1. The molecule has 2 fully saturated rings. The van der Waals surface area contributed by atoms with E-state index in [1.165, 1.54) is 0 Å². The van der Waals surface area contributed by atoms with Gasteiger partial charge >= 0.3 is 0 Å². The molecule has 2 amide bonds. The smallest absolute Gasteiger partial charge is 0.256 e. The first-order valence-corrected chi connectivity index (χ1v) is 11.5. The molecular formula is C24H32N4O3. The SMILES string of the molecule is CCC1C(=O)NC2CC(NC(=O)c3cn(CC)c4nc(C)ccc4c3=O)CCC2C1C. The number of aromatic nitrogens is 2. The summed E-state index contributed by atoms with van der Waals surface area (Å²) in [5.41, 5.74) is 1.30. The van der Waals surface area contributed by atoms with Gasteiger partial charge in [0, 0.05) is 36.4 Å². The number of rotatable bonds is 4. The highest BCUT2D eigenvalue weighted by Gasteiger charge is 2.43. The fraction of sp³-hybridized carbons (Fsp3) is 0.583. The first-order valence-electron chi connectivity index (χ1n) is 11.5. The Morgan fingerprint density at radius 1 is 1.26 bits per heavy atom. The van der Waals surface area contributed by atoms with Gasteiger partial charge in [0.2, 0.25) is 11.3 Å². The van der Waals surface area contributed by atoms with E-state index >= 15 is 0 Å². The van der Waals surface area contributed by atoms with Crippen molar-refractivity contribution < 1.29 is 9.59 Å². The molecule has 1 aliphatic heterocycles. The maximum absolute atomic E-state index is 13.1. The number of amides is 2. The molecule has 0 radical (unpaired) electrons. The fourth-order valence-corrected chi connectivity index (χ4v) is 5.53. The van der Waals surface area contributed by atoms with Gasteiger partial charge in [-0.15, -0.1) is 0 Å². The van der Waals surface area contributed by atoms with Gasteiger partial charge in [-0.3, -0.25) is 14.4 Å². The minimum Gasteiger partial charge on any atom is -0.353 e. The Kier molecular flexibility index (Phi) is 5.86. The number of nitrogens with one attached hydrogen (secondary N) is 2. The van der Waals surface area contributed by atoms with Gasteiger partial charge in [0.05, 0.1) is 5.39 Å². The first kappa shape index (κ1) is 21.5. The average molecular weight is 425 g/mol. The second-order valence-electron chi connectivity index (χ2n) is 9.12. The van der Waals surface area contributed by atoms with Crippen LogP contribution in [0, 0.1) is 24.7 Å². The average Bonchev–Trinajstić information content (AvgIpc) is 2.74. The zero-order valence-electron chi connectivity index (χ0n) is 18.8. The van der Waals surface area contributed by atoms with Crippen LogP contribution >= 0.6 is 0 Å². The number of aryl methyl sites for hydroxylation is 2. The molecule has 166 valence electrons. The molecule has 7 heteroatoms. The molecule has 2 N–H and O–H groups in total. The van der Waals surface area contributed by atoms with Crippen LogP contribution in [0.25, 0.3) is 11.0 Å². The van der Waals surface area contributed by atoms with Gasteiger partial charge in [-0.2, -0.15) is 0 Å². The van der Waals surface area contributed by atoms with Crippen LogP contribution in [0.15, 0.2) is 23.1 Å². The van der Waals surface area contributed by atoms with Crippen molar-refractivity contribution in [3.05, 3.63) is 39.8 Å². The molecule has 2 aromatic heterocycles. The van der Waals surface area contributed by atoms with Gasteiger partial charge in [0.15, 0.2) is 0 Å². The highest BCUT2D eigenvalue weighted by molar-refractivity contribution is 5.97. The fourth-order valence-electron chi connectivity index (χ4n) is 5.53. The molecule has 4 rings (SSSR count). The minimum absolute atomic E-state index is 0.0549. The lowest BCUT2D eigenvalue weighted by Gasteiger charge is -2.46. The summed E-state index contributed by atoms with van der Waals surface area (Å²) < 4.78 is 1.85. The van der Waals surface area contributed by atoms with Crippen molar-refractivity contribution in [3.63, 3.8) is 0 Å². The van der Waals surface area contributed by atoms with Crippen LogP contribution in [-0.2, 0) is 11.3 Å². The van der Waals surface area contributed by atoms with Crippen molar-refractivity contribution in [1.29, 1.82) is 0 Å². The van der Waals surface area contributed by atoms with Crippen molar-refractivity contribution in [2.24, 2.45) is 17.8 Å². The van der Waals surface area contributed by atoms with Gasteiger partial charge in [0.25, 0.3) is 5.91 Å². The third-order valence-electron chi connectivity index (χ3n) is 7.30. The Balaban J connectivity index is 1.54. The predicted octanol–water partition coefficient (Wildman–Crippen LogP) is 2.78. The molecule has 3 heterocycles. The van der Waals surface area contributed by atoms with E-state index in [-0.39, 0.29) is 40.8 Å². The maximum atomic E-state index is 13.1. The second kappa shape index (κ2) is 8.44. The zero-order valence-corrected chi connectivity index (χ0v) is 18.8. The highest BCUT2D eigenvalue weighted by Crippen LogP contribution is 2.38. The molecule has 31 heavy (non-hydrogen) atoms. The van der Waals surface area contributed by atoms with Crippen molar-refractivity contribution in [2.45, 2.75) is 72.0 Å². The number of nitrogens with zero attached hydrogens (tertiary/aromatic N) is 2. The van der Waals surface area contributed by atoms with E-state index in [4.69, 9.17) is 0 Å². The second-order valence-corrected chi connectivity index (χ2v) is 9.12. The molecule has 1 aliphatic carbocycles. The number of pyridine rings is 2. The number of hydrogen-bond acceptors (Lipinski definition) is 4. The molecular weight excluding hydrogens is 392 g/mol. The summed E-state index contributed by atoms with van der Waals surface area (Å²) in [5, 5.41) is 6.72. The van der Waals surface area contributed by atoms with Crippen LogP contribution in [0.1, 0.15) is 62.5 Å². The van der Waals surface area contributed by atoms with Crippen LogP contribution in [0.4, 0.5) is 0 Å². The summed E-state index contributed by atoms with van der Waals surface area (Å²) in [6, 6.07) is 3.57. The van der Waals surface area contributed by atoms with E-state index in [9.17, 15) is 14.4 Å². The van der Waals surface area contributed by atoms with Crippen molar-refractivity contribution in [3.8, 4) is 0 Å². The van der Waals surface area contributed by atoms with Crippen molar-refractivity contribution in [1.82, 2.24) is 20.2 Å². The molecule has 0 aromatic carbocycles. The van der Waals surface area contributed by atoms with E-state index in [1.807, 2.05) is 18.4 Å². The Hall–Kier alpha value is -2.70. The molecule has 0 spiro atoms. The number of carbonyl (C=O) groups is 2. The monoisotopic (exact) mass is 424 g/mol. The zero-order chi connectivity index (χ0) is 22.3. The van der Waals surface area contributed by atoms with Gasteiger partial charge in [-0.25, -0.2) is 4.98 Å². The molecule has 5 atom stereocenters. The molecule has 7 nitrogen and oxygen atoms in total. The lowest BCUT2D eigenvalue weighted by molar-refractivity contribution is -0.133. The predicted molar refractivity (Wildman–Crippen MR) is 120 cm³/mol. The molecule has 2 aliphatic rings. The van der Waals surface area contributed by atoms with Gasteiger partial charge in [-0.1, -0.05) is 13.8 Å². The standard InChI is InChI=1S/C24H32N4O3/c1-5-16-14(4)17-10-8-15(11-20(17)27-23(16)30)26-24(31)19-12-28(6-2)22-18(21(19)29)9-7-13(3)25-22/h7,9,12,14-17,20H,5-6,8,10-11H2,1-4H3,(H,26,31)(H,27,30). The number of fused-ring (bicyclic) bond motifs is 2.